The number of H-pyrrole nitrogens is 1. The van der Waals surface area contributed by atoms with E-state index < -0.39 is 0 Å². The lowest BCUT2D eigenvalue weighted by Crippen LogP contribution is -2.31. The van der Waals surface area contributed by atoms with Crippen LogP contribution in [0, 0.1) is 7.14 Å². The number of halogens is 2. The number of aromatic nitrogens is 2. The van der Waals surface area contributed by atoms with Crippen molar-refractivity contribution >= 4 is 45.2 Å². The minimum Gasteiger partial charge on any atom is -0.295 e. The molecule has 0 unspecified atom stereocenters. The van der Waals surface area contributed by atoms with Gasteiger partial charge in [0.2, 0.25) is 0 Å². The highest BCUT2D eigenvalue weighted by molar-refractivity contribution is 14.1. The van der Waals surface area contributed by atoms with E-state index in [-0.39, 0.29) is 11.2 Å². The van der Waals surface area contributed by atoms with Crippen LogP contribution in [0.4, 0.5) is 0 Å². The predicted octanol–water partition coefficient (Wildman–Crippen LogP) is 1.79. The highest BCUT2D eigenvalue weighted by Crippen LogP contribution is 2.07. The Bertz CT molecular complexity index is 644. The molecular formula is C11H8I2N2O2. The summed E-state index contributed by atoms with van der Waals surface area (Å²) >= 11 is 4.14. The molecule has 0 aliphatic heterocycles. The van der Waals surface area contributed by atoms with Gasteiger partial charge < -0.3 is 0 Å². The van der Waals surface area contributed by atoms with Gasteiger partial charge in [0.05, 0.1) is 10.1 Å². The number of hydrogen-bond donors (Lipinski definition) is 1. The molecule has 0 fully saturated rings. The standard InChI is InChI=1S/C11H8I2N2O2/c12-8-3-1-7(2-4-8)5-15-6-9(13)10(16)14-11(15)17/h1-4,6H,5H2,(H,14,16,17). The van der Waals surface area contributed by atoms with Gasteiger partial charge in [-0.1, -0.05) is 12.1 Å². The maximum absolute atomic E-state index is 11.6. The highest BCUT2D eigenvalue weighted by Gasteiger charge is 2.02. The summed E-state index contributed by atoms with van der Waals surface area (Å²) in [6.45, 7) is 0.461. The third-order valence-electron chi connectivity index (χ3n) is 2.23. The molecule has 6 heteroatoms. The monoisotopic (exact) mass is 454 g/mol. The molecule has 0 aliphatic carbocycles. The second-order valence-corrected chi connectivity index (χ2v) is 5.90. The van der Waals surface area contributed by atoms with E-state index in [1.165, 1.54) is 4.57 Å². The van der Waals surface area contributed by atoms with Gasteiger partial charge in [0, 0.05) is 9.77 Å². The highest BCUT2D eigenvalue weighted by atomic mass is 127. The first-order valence-corrected chi connectivity index (χ1v) is 6.96. The summed E-state index contributed by atoms with van der Waals surface area (Å²) in [6, 6.07) is 7.90. The van der Waals surface area contributed by atoms with Gasteiger partial charge in [-0.3, -0.25) is 14.3 Å². The van der Waals surface area contributed by atoms with Crippen LogP contribution in [-0.2, 0) is 6.54 Å². The predicted molar refractivity (Wildman–Crippen MR) is 82.3 cm³/mol. The molecule has 0 saturated heterocycles. The van der Waals surface area contributed by atoms with Crippen molar-refractivity contribution in [3.63, 3.8) is 0 Å². The van der Waals surface area contributed by atoms with E-state index in [0.717, 1.165) is 9.13 Å². The van der Waals surface area contributed by atoms with Crippen molar-refractivity contribution in [3.8, 4) is 0 Å². The maximum Gasteiger partial charge on any atom is 0.328 e. The number of nitrogens with one attached hydrogen (secondary N) is 1. The van der Waals surface area contributed by atoms with Gasteiger partial charge in [-0.25, -0.2) is 4.79 Å². The van der Waals surface area contributed by atoms with Crippen molar-refractivity contribution in [2.24, 2.45) is 0 Å². The molecule has 0 radical (unpaired) electrons. The van der Waals surface area contributed by atoms with Crippen LogP contribution in [0.25, 0.3) is 0 Å². The zero-order valence-electron chi connectivity index (χ0n) is 8.61. The molecule has 1 N–H and O–H groups in total. The number of aromatic amines is 1. The largest absolute Gasteiger partial charge is 0.328 e. The van der Waals surface area contributed by atoms with E-state index in [1.54, 1.807) is 6.20 Å². The molecule has 0 spiro atoms. The molecule has 0 amide bonds. The summed E-state index contributed by atoms with van der Waals surface area (Å²) in [5, 5.41) is 0. The van der Waals surface area contributed by atoms with Crippen LogP contribution in [0.5, 0.6) is 0 Å². The van der Waals surface area contributed by atoms with E-state index in [9.17, 15) is 9.59 Å². The van der Waals surface area contributed by atoms with Gasteiger partial charge in [-0.05, 0) is 62.9 Å². The Kier molecular flexibility index (Phi) is 4.02. The number of rotatable bonds is 2. The molecule has 0 aliphatic rings. The van der Waals surface area contributed by atoms with Crippen molar-refractivity contribution < 1.29 is 0 Å². The van der Waals surface area contributed by atoms with Crippen molar-refractivity contribution in [1.82, 2.24) is 9.55 Å². The number of nitrogens with zero attached hydrogens (tertiary/aromatic N) is 1. The quantitative estimate of drug-likeness (QED) is 0.705. The number of hydrogen-bond acceptors (Lipinski definition) is 2. The van der Waals surface area contributed by atoms with Crippen LogP contribution in [0.2, 0.25) is 0 Å². The van der Waals surface area contributed by atoms with Crippen molar-refractivity contribution in [2.75, 3.05) is 0 Å². The summed E-state index contributed by atoms with van der Waals surface area (Å²) < 4.78 is 3.15. The van der Waals surface area contributed by atoms with Crippen molar-refractivity contribution in [2.45, 2.75) is 6.54 Å². The van der Waals surface area contributed by atoms with Gasteiger partial charge in [0.1, 0.15) is 0 Å². The topological polar surface area (TPSA) is 54.9 Å². The van der Waals surface area contributed by atoms with Gasteiger partial charge >= 0.3 is 5.69 Å². The molecule has 0 bridgehead atoms. The fourth-order valence-electron chi connectivity index (χ4n) is 1.39. The average molecular weight is 454 g/mol. The van der Waals surface area contributed by atoms with E-state index in [4.69, 9.17) is 0 Å². The van der Waals surface area contributed by atoms with E-state index in [1.807, 2.05) is 46.9 Å². The van der Waals surface area contributed by atoms with Crippen LogP contribution < -0.4 is 11.2 Å². The molecule has 4 nitrogen and oxygen atoms in total. The maximum atomic E-state index is 11.6. The second-order valence-electron chi connectivity index (χ2n) is 3.49. The Morgan fingerprint density at radius 3 is 2.41 bits per heavy atom. The summed E-state index contributed by atoms with van der Waals surface area (Å²) in [4.78, 5) is 25.1. The number of benzene rings is 1. The Labute approximate surface area is 124 Å². The minimum absolute atomic E-state index is 0.338. The molecule has 0 saturated carbocycles. The molecule has 17 heavy (non-hydrogen) atoms. The summed E-state index contributed by atoms with van der Waals surface area (Å²) in [6.07, 6.45) is 1.57. The van der Waals surface area contributed by atoms with E-state index in [0.29, 0.717) is 10.1 Å². The first kappa shape index (κ1) is 12.8. The zero-order chi connectivity index (χ0) is 12.4. The fourth-order valence-corrected chi connectivity index (χ4v) is 2.22. The summed E-state index contributed by atoms with van der Waals surface area (Å²) in [5.41, 5.74) is 0.304. The normalized spacial score (nSPS) is 10.5. The average Bonchev–Trinajstić information content (AvgIpc) is 2.29. The molecule has 88 valence electrons. The molecule has 1 aromatic heterocycles. The van der Waals surface area contributed by atoms with Crippen LogP contribution in [-0.4, -0.2) is 9.55 Å². The van der Waals surface area contributed by atoms with Gasteiger partial charge in [-0.15, -0.1) is 0 Å². The van der Waals surface area contributed by atoms with Gasteiger partial charge in [0.25, 0.3) is 5.56 Å². The van der Waals surface area contributed by atoms with Crippen LogP contribution in [0.3, 0.4) is 0 Å². The lowest BCUT2D eigenvalue weighted by molar-refractivity contribution is 0.715. The summed E-state index contributed by atoms with van der Waals surface area (Å²) in [7, 11) is 0. The van der Waals surface area contributed by atoms with Gasteiger partial charge in [0.15, 0.2) is 0 Å². The molecule has 1 aromatic carbocycles. The molecule has 2 rings (SSSR count). The van der Waals surface area contributed by atoms with Crippen LogP contribution in [0.15, 0.2) is 40.1 Å². The minimum atomic E-state index is -0.381. The van der Waals surface area contributed by atoms with Crippen molar-refractivity contribution in [1.29, 1.82) is 0 Å². The fraction of sp³-hybridized carbons (Fsp3) is 0.0909. The Balaban J connectivity index is 2.36. The van der Waals surface area contributed by atoms with Crippen LogP contribution >= 0.6 is 45.2 Å². The summed E-state index contributed by atoms with van der Waals surface area (Å²) in [5.74, 6) is 0. The zero-order valence-corrected chi connectivity index (χ0v) is 12.9. The second kappa shape index (κ2) is 5.34. The SMILES string of the molecule is O=c1[nH]c(=O)n(Cc2ccc(I)cc2)cc1I. The van der Waals surface area contributed by atoms with E-state index >= 15 is 0 Å². The van der Waals surface area contributed by atoms with Crippen LogP contribution in [0.1, 0.15) is 5.56 Å². The first-order valence-electron chi connectivity index (χ1n) is 4.80. The Morgan fingerprint density at radius 1 is 1.12 bits per heavy atom. The lowest BCUT2D eigenvalue weighted by atomic mass is 10.2. The smallest absolute Gasteiger partial charge is 0.295 e. The van der Waals surface area contributed by atoms with Gasteiger partial charge in [-0.2, -0.15) is 0 Å². The third-order valence-corrected chi connectivity index (χ3v) is 3.72. The van der Waals surface area contributed by atoms with Crippen molar-refractivity contribution in [3.05, 3.63) is 64.0 Å². The molecule has 0 atom stereocenters. The Hall–Kier alpha value is -0.640. The Morgan fingerprint density at radius 2 is 1.76 bits per heavy atom. The lowest BCUT2D eigenvalue weighted by Gasteiger charge is -2.05. The molecule has 1 heterocycles. The molecular weight excluding hydrogens is 446 g/mol. The third kappa shape index (κ3) is 3.18. The molecule has 2 aromatic rings. The first-order chi connectivity index (χ1) is 8.06. The van der Waals surface area contributed by atoms with E-state index in [2.05, 4.69) is 27.6 Å².